The molecule has 0 aromatic carbocycles. The third-order valence-electron chi connectivity index (χ3n) is 19.2. The molecule has 0 saturated carbocycles. The minimum atomic E-state index is -4.96. The largest absolute Gasteiger partial charge is 0.472 e. The zero-order valence-electron chi connectivity index (χ0n) is 65.8. The summed E-state index contributed by atoms with van der Waals surface area (Å²) >= 11 is 0. The number of rotatable bonds is 78. The Balaban J connectivity index is 5.16. The lowest BCUT2D eigenvalue weighted by Gasteiger charge is -2.21. The van der Waals surface area contributed by atoms with E-state index in [0.717, 1.165) is 120 Å². The minimum absolute atomic E-state index is 0.107. The van der Waals surface area contributed by atoms with Gasteiger partial charge >= 0.3 is 39.5 Å². The topological polar surface area (TPSA) is 237 Å². The van der Waals surface area contributed by atoms with Gasteiger partial charge in [0.1, 0.15) is 19.3 Å². The molecular weight excluding hydrogens is 1310 g/mol. The highest BCUT2D eigenvalue weighted by atomic mass is 31.2. The first-order valence-corrected chi connectivity index (χ1v) is 44.7. The molecular formula is C81H158O17P2. The smallest absolute Gasteiger partial charge is 0.462 e. The van der Waals surface area contributed by atoms with E-state index in [0.29, 0.717) is 31.6 Å². The van der Waals surface area contributed by atoms with E-state index < -0.39 is 97.5 Å². The molecule has 0 amide bonds. The molecule has 0 aliphatic carbocycles. The van der Waals surface area contributed by atoms with Crippen molar-refractivity contribution >= 4 is 39.5 Å². The van der Waals surface area contributed by atoms with E-state index in [1.165, 1.54) is 205 Å². The molecule has 0 spiro atoms. The average Bonchev–Trinajstić information content (AvgIpc) is 0.946. The Hall–Kier alpha value is -1.94. The highest BCUT2D eigenvalue weighted by Gasteiger charge is 2.30. The molecule has 19 heteroatoms. The van der Waals surface area contributed by atoms with Crippen LogP contribution in [0.25, 0.3) is 0 Å². The Morgan fingerprint density at radius 2 is 0.480 bits per heavy atom. The summed E-state index contributed by atoms with van der Waals surface area (Å²) < 4.78 is 68.6. The summed E-state index contributed by atoms with van der Waals surface area (Å²) in [6.07, 6.45) is 57.2. The third-order valence-corrected chi connectivity index (χ3v) is 21.1. The van der Waals surface area contributed by atoms with Crippen molar-refractivity contribution in [3.05, 3.63) is 0 Å². The van der Waals surface area contributed by atoms with E-state index in [-0.39, 0.29) is 25.7 Å². The van der Waals surface area contributed by atoms with Gasteiger partial charge in [0.15, 0.2) is 12.2 Å². The van der Waals surface area contributed by atoms with E-state index >= 15 is 0 Å². The van der Waals surface area contributed by atoms with Gasteiger partial charge in [-0.25, -0.2) is 9.13 Å². The van der Waals surface area contributed by atoms with Crippen LogP contribution in [0, 0.1) is 23.7 Å². The van der Waals surface area contributed by atoms with Gasteiger partial charge in [-0.05, 0) is 49.4 Å². The number of esters is 4. The Labute approximate surface area is 613 Å². The van der Waals surface area contributed by atoms with Gasteiger partial charge in [-0.3, -0.25) is 37.3 Å². The molecule has 0 saturated heterocycles. The van der Waals surface area contributed by atoms with Crippen LogP contribution in [0.4, 0.5) is 0 Å². The van der Waals surface area contributed by atoms with Gasteiger partial charge in [0.2, 0.25) is 0 Å². The average molecular weight is 1470 g/mol. The van der Waals surface area contributed by atoms with Crippen LogP contribution in [0.1, 0.15) is 415 Å². The number of aliphatic hydroxyl groups excluding tert-OH is 1. The van der Waals surface area contributed by atoms with Crippen LogP contribution in [-0.4, -0.2) is 96.7 Å². The Morgan fingerprint density at radius 3 is 0.710 bits per heavy atom. The maximum absolute atomic E-state index is 13.1. The zero-order valence-corrected chi connectivity index (χ0v) is 67.6. The van der Waals surface area contributed by atoms with Gasteiger partial charge in [-0.1, -0.05) is 364 Å². The quantitative estimate of drug-likeness (QED) is 0.0222. The lowest BCUT2D eigenvalue weighted by atomic mass is 10.00. The van der Waals surface area contributed by atoms with Crippen LogP contribution in [0.2, 0.25) is 0 Å². The van der Waals surface area contributed by atoms with E-state index in [1.807, 2.05) is 0 Å². The normalized spacial score (nSPS) is 14.3. The van der Waals surface area contributed by atoms with Gasteiger partial charge in [-0.15, -0.1) is 0 Å². The van der Waals surface area contributed by atoms with Gasteiger partial charge in [-0.2, -0.15) is 0 Å². The number of aliphatic hydroxyl groups is 1. The van der Waals surface area contributed by atoms with Gasteiger partial charge in [0, 0.05) is 25.7 Å². The number of phosphoric ester groups is 2. The summed E-state index contributed by atoms with van der Waals surface area (Å²) in [4.78, 5) is 72.9. The number of carbonyl (C=O) groups excluding carboxylic acids is 4. The minimum Gasteiger partial charge on any atom is -0.462 e. The summed E-state index contributed by atoms with van der Waals surface area (Å²) in [6.45, 7) is 14.2. The van der Waals surface area contributed by atoms with Crippen LogP contribution < -0.4 is 0 Å². The standard InChI is InChI=1S/C81H158O17P2/c1-9-74(8)60-52-44-39-40-46-54-62-79(84)92-68-77(98-81(86)64-56-48-37-31-27-23-19-15-14-17-21-25-29-34-42-50-58-72(4)5)70-96-100(89,90)94-66-75(82)65-93-99(87,88)95-69-76(67-91-78(83)61-53-45-38-32-35-43-51-59-73(6)7)97-80(85)63-55-47-36-30-26-22-18-13-11-10-12-16-20-24-28-33-41-49-57-71(2)3/h71-77,82H,9-70H2,1-8H3,(H,87,88)(H,89,90)/t74?,75?,76-,77-/m1/s1. The highest BCUT2D eigenvalue weighted by molar-refractivity contribution is 7.47. The summed E-state index contributed by atoms with van der Waals surface area (Å²) in [5, 5.41) is 10.6. The van der Waals surface area contributed by atoms with Crippen LogP contribution in [0.15, 0.2) is 0 Å². The van der Waals surface area contributed by atoms with Crippen LogP contribution in [0.5, 0.6) is 0 Å². The van der Waals surface area contributed by atoms with Crippen molar-refractivity contribution < 1.29 is 80.2 Å². The molecule has 0 bridgehead atoms. The zero-order chi connectivity index (χ0) is 73.8. The predicted molar refractivity (Wildman–Crippen MR) is 409 cm³/mol. The molecule has 100 heavy (non-hydrogen) atoms. The van der Waals surface area contributed by atoms with Crippen LogP contribution in [0.3, 0.4) is 0 Å². The first-order chi connectivity index (χ1) is 48.1. The van der Waals surface area contributed by atoms with Crippen LogP contribution >= 0.6 is 15.6 Å². The summed E-state index contributed by atoms with van der Waals surface area (Å²) in [5.74, 6) is 0.948. The molecule has 0 heterocycles. The molecule has 0 radical (unpaired) electrons. The molecule has 4 unspecified atom stereocenters. The fourth-order valence-electron chi connectivity index (χ4n) is 12.4. The molecule has 6 atom stereocenters. The lowest BCUT2D eigenvalue weighted by Crippen LogP contribution is -2.30. The molecule has 0 aliphatic heterocycles. The Morgan fingerprint density at radius 1 is 0.280 bits per heavy atom. The number of hydrogen-bond acceptors (Lipinski definition) is 15. The molecule has 0 rings (SSSR count). The summed E-state index contributed by atoms with van der Waals surface area (Å²) in [7, 11) is -9.92. The second-order valence-electron chi connectivity index (χ2n) is 30.8. The molecule has 17 nitrogen and oxygen atoms in total. The number of carbonyl (C=O) groups is 4. The summed E-state index contributed by atoms with van der Waals surface area (Å²) in [6, 6.07) is 0. The second kappa shape index (κ2) is 70.1. The number of phosphoric acid groups is 2. The van der Waals surface area contributed by atoms with E-state index in [9.17, 15) is 43.2 Å². The first kappa shape index (κ1) is 98.1. The van der Waals surface area contributed by atoms with Gasteiger partial charge in [0.05, 0.1) is 26.4 Å². The maximum atomic E-state index is 13.1. The maximum Gasteiger partial charge on any atom is 0.472 e. The van der Waals surface area contributed by atoms with Crippen molar-refractivity contribution in [3.8, 4) is 0 Å². The molecule has 594 valence electrons. The number of unbranched alkanes of at least 4 members (excludes halogenated alkanes) is 43. The number of hydrogen-bond donors (Lipinski definition) is 3. The Bertz CT molecular complexity index is 1960. The molecule has 0 aromatic rings. The second-order valence-corrected chi connectivity index (χ2v) is 33.7. The molecule has 0 aromatic heterocycles. The third kappa shape index (κ3) is 73.0. The molecule has 0 fully saturated rings. The van der Waals surface area contributed by atoms with Crippen molar-refractivity contribution in [3.63, 3.8) is 0 Å². The predicted octanol–water partition coefficient (Wildman–Crippen LogP) is 24.0. The van der Waals surface area contributed by atoms with Crippen molar-refractivity contribution in [2.24, 2.45) is 23.7 Å². The lowest BCUT2D eigenvalue weighted by molar-refractivity contribution is -0.161. The fraction of sp³-hybridized carbons (Fsp3) is 0.951. The van der Waals surface area contributed by atoms with E-state index in [2.05, 4.69) is 55.4 Å². The van der Waals surface area contributed by atoms with E-state index in [4.69, 9.17) is 37.0 Å². The fourth-order valence-corrected chi connectivity index (χ4v) is 14.0. The Kier molecular flexibility index (Phi) is 68.7. The van der Waals surface area contributed by atoms with Crippen molar-refractivity contribution in [1.82, 2.24) is 0 Å². The van der Waals surface area contributed by atoms with Crippen LogP contribution in [-0.2, 0) is 65.4 Å². The van der Waals surface area contributed by atoms with Gasteiger partial charge in [0.25, 0.3) is 0 Å². The highest BCUT2D eigenvalue weighted by Crippen LogP contribution is 2.45. The summed E-state index contributed by atoms with van der Waals surface area (Å²) in [5.41, 5.74) is 0. The molecule has 3 N–H and O–H groups in total. The van der Waals surface area contributed by atoms with Crippen molar-refractivity contribution in [2.75, 3.05) is 39.6 Å². The van der Waals surface area contributed by atoms with Crippen molar-refractivity contribution in [2.45, 2.75) is 433 Å². The molecule has 0 aliphatic rings. The monoisotopic (exact) mass is 1470 g/mol. The number of ether oxygens (including phenoxy) is 4. The first-order valence-electron chi connectivity index (χ1n) is 41.7. The van der Waals surface area contributed by atoms with Gasteiger partial charge < -0.3 is 33.8 Å². The SMILES string of the molecule is CCC(C)CCCCCCCCC(=O)OC[C@H](COP(=O)(O)OCC(O)COP(=O)(O)OC[C@@H](COC(=O)CCCCCCCCCC(C)C)OC(=O)CCCCCCCCCCCCCCCCCCCCC(C)C)OC(=O)CCCCCCCCCCCCCCCCCCC(C)C. The van der Waals surface area contributed by atoms with Crippen molar-refractivity contribution in [1.29, 1.82) is 0 Å². The van der Waals surface area contributed by atoms with E-state index in [1.54, 1.807) is 0 Å².